The molecule has 1 aromatic carbocycles. The van der Waals surface area contributed by atoms with E-state index in [9.17, 15) is 8.78 Å². The van der Waals surface area contributed by atoms with E-state index >= 15 is 0 Å². The van der Waals surface area contributed by atoms with Gasteiger partial charge in [0, 0.05) is 37.8 Å². The zero-order valence-electron chi connectivity index (χ0n) is 11.9. The molecule has 2 nitrogen and oxygen atoms in total. The van der Waals surface area contributed by atoms with Crippen LogP contribution in [0.2, 0.25) is 0 Å². The van der Waals surface area contributed by atoms with Crippen molar-refractivity contribution in [1.82, 2.24) is 10.2 Å². The van der Waals surface area contributed by atoms with Crippen molar-refractivity contribution < 1.29 is 8.78 Å². The molecule has 0 aliphatic carbocycles. The molecule has 1 aliphatic rings. The van der Waals surface area contributed by atoms with Gasteiger partial charge in [-0.05, 0) is 40.4 Å². The summed E-state index contributed by atoms with van der Waals surface area (Å²) in [5.41, 5.74) is 0.162. The maximum Gasteiger partial charge on any atom is 0.144 e. The highest BCUT2D eigenvalue weighted by Crippen LogP contribution is 2.24. The maximum absolute atomic E-state index is 14.1. The Labute approximate surface area is 127 Å². The normalized spacial score (nSPS) is 20.6. The average molecular weight is 347 g/mol. The van der Waals surface area contributed by atoms with E-state index in [0.29, 0.717) is 23.0 Å². The molecule has 1 unspecified atom stereocenters. The largest absolute Gasteiger partial charge is 0.314 e. The summed E-state index contributed by atoms with van der Waals surface area (Å²) in [5, 5.41) is 3.36. The highest BCUT2D eigenvalue weighted by molar-refractivity contribution is 9.10. The molecule has 0 amide bonds. The van der Waals surface area contributed by atoms with Crippen molar-refractivity contribution in [2.24, 2.45) is 5.92 Å². The van der Waals surface area contributed by atoms with Crippen LogP contribution in [-0.2, 0) is 6.54 Å². The second-order valence-corrected chi connectivity index (χ2v) is 6.63. The Hall–Kier alpha value is -0.520. The van der Waals surface area contributed by atoms with Crippen LogP contribution in [0.1, 0.15) is 25.8 Å². The summed E-state index contributed by atoms with van der Waals surface area (Å²) in [6.45, 7) is 7.25. The SMILES string of the molecule is CC(C)CC1CNCCN1Cc1c(F)ccc(Br)c1F. The Morgan fingerprint density at radius 2 is 2.15 bits per heavy atom. The van der Waals surface area contributed by atoms with Gasteiger partial charge in [-0.25, -0.2) is 8.78 Å². The molecule has 2 rings (SSSR count). The van der Waals surface area contributed by atoms with Crippen LogP contribution in [0.5, 0.6) is 0 Å². The molecule has 1 aromatic rings. The summed E-state index contributed by atoms with van der Waals surface area (Å²) in [6, 6.07) is 3.07. The second-order valence-electron chi connectivity index (χ2n) is 5.78. The van der Waals surface area contributed by atoms with E-state index in [0.717, 1.165) is 26.1 Å². The van der Waals surface area contributed by atoms with Crippen LogP contribution in [-0.4, -0.2) is 30.6 Å². The predicted octanol–water partition coefficient (Wildman–Crippen LogP) is 3.55. The van der Waals surface area contributed by atoms with Crippen LogP contribution < -0.4 is 5.32 Å². The summed E-state index contributed by atoms with van der Waals surface area (Å²) in [5.74, 6) is -0.376. The van der Waals surface area contributed by atoms with E-state index in [4.69, 9.17) is 0 Å². The van der Waals surface area contributed by atoms with Crippen molar-refractivity contribution >= 4 is 15.9 Å². The van der Waals surface area contributed by atoms with Gasteiger partial charge in [0.15, 0.2) is 0 Å². The smallest absolute Gasteiger partial charge is 0.144 e. The third kappa shape index (κ3) is 3.77. The Morgan fingerprint density at radius 1 is 1.40 bits per heavy atom. The van der Waals surface area contributed by atoms with Crippen LogP contribution in [0.4, 0.5) is 8.78 Å². The third-order valence-electron chi connectivity index (χ3n) is 3.72. The Bertz CT molecular complexity index is 465. The fourth-order valence-electron chi connectivity index (χ4n) is 2.70. The molecular formula is C15H21BrF2N2. The number of piperazine rings is 1. The van der Waals surface area contributed by atoms with E-state index in [1.54, 1.807) is 0 Å². The third-order valence-corrected chi connectivity index (χ3v) is 4.33. The molecule has 0 saturated carbocycles. The van der Waals surface area contributed by atoms with Gasteiger partial charge in [0.1, 0.15) is 11.6 Å². The molecule has 1 fully saturated rings. The number of benzene rings is 1. The first-order valence-corrected chi connectivity index (χ1v) is 7.85. The van der Waals surface area contributed by atoms with Gasteiger partial charge in [0.2, 0.25) is 0 Å². The molecule has 20 heavy (non-hydrogen) atoms. The van der Waals surface area contributed by atoms with Crippen molar-refractivity contribution in [3.63, 3.8) is 0 Å². The van der Waals surface area contributed by atoms with Crippen molar-refractivity contribution in [3.8, 4) is 0 Å². The molecule has 0 radical (unpaired) electrons. The first-order valence-electron chi connectivity index (χ1n) is 7.06. The van der Waals surface area contributed by atoms with Gasteiger partial charge in [0.25, 0.3) is 0 Å². The number of halogens is 3. The molecule has 5 heteroatoms. The Morgan fingerprint density at radius 3 is 2.85 bits per heavy atom. The van der Waals surface area contributed by atoms with E-state index < -0.39 is 11.6 Å². The number of nitrogens with zero attached hydrogens (tertiary/aromatic N) is 1. The molecule has 1 N–H and O–H groups in total. The van der Waals surface area contributed by atoms with E-state index in [1.165, 1.54) is 12.1 Å². The molecule has 112 valence electrons. The molecule has 1 atom stereocenters. The molecule has 1 heterocycles. The number of hydrogen-bond donors (Lipinski definition) is 1. The van der Waals surface area contributed by atoms with Gasteiger partial charge in [-0.15, -0.1) is 0 Å². The highest BCUT2D eigenvalue weighted by Gasteiger charge is 2.25. The number of nitrogens with one attached hydrogen (secondary N) is 1. The molecular weight excluding hydrogens is 326 g/mol. The van der Waals surface area contributed by atoms with Crippen LogP contribution in [0, 0.1) is 17.6 Å². The molecule has 1 saturated heterocycles. The van der Waals surface area contributed by atoms with Gasteiger partial charge in [-0.3, -0.25) is 4.90 Å². The average Bonchev–Trinajstić information content (AvgIpc) is 2.40. The lowest BCUT2D eigenvalue weighted by molar-refractivity contribution is 0.131. The first kappa shape index (κ1) is 15.9. The second kappa shape index (κ2) is 6.96. The maximum atomic E-state index is 14.1. The zero-order valence-corrected chi connectivity index (χ0v) is 13.5. The minimum atomic E-state index is -0.480. The summed E-state index contributed by atoms with van der Waals surface area (Å²) in [4.78, 5) is 2.18. The minimum Gasteiger partial charge on any atom is -0.314 e. The van der Waals surface area contributed by atoms with Crippen LogP contribution in [0.15, 0.2) is 16.6 Å². The van der Waals surface area contributed by atoms with Crippen molar-refractivity contribution in [3.05, 3.63) is 33.8 Å². The summed E-state index contributed by atoms with van der Waals surface area (Å²) >= 11 is 3.13. The first-order chi connectivity index (χ1) is 9.49. The zero-order chi connectivity index (χ0) is 14.7. The quantitative estimate of drug-likeness (QED) is 0.838. The number of rotatable bonds is 4. The van der Waals surface area contributed by atoms with Crippen LogP contribution in [0.25, 0.3) is 0 Å². The Kier molecular flexibility index (Phi) is 5.52. The van der Waals surface area contributed by atoms with Crippen molar-refractivity contribution in [2.45, 2.75) is 32.9 Å². The van der Waals surface area contributed by atoms with Gasteiger partial charge in [-0.2, -0.15) is 0 Å². The van der Waals surface area contributed by atoms with Crippen molar-refractivity contribution in [2.75, 3.05) is 19.6 Å². The highest BCUT2D eigenvalue weighted by atomic mass is 79.9. The van der Waals surface area contributed by atoms with Crippen LogP contribution in [0.3, 0.4) is 0 Å². The molecule has 0 spiro atoms. The fraction of sp³-hybridized carbons (Fsp3) is 0.600. The summed E-state index contributed by atoms with van der Waals surface area (Å²) < 4.78 is 28.3. The minimum absolute atomic E-state index is 0.162. The van der Waals surface area contributed by atoms with Crippen molar-refractivity contribution in [1.29, 1.82) is 0 Å². The summed E-state index contributed by atoms with van der Waals surface area (Å²) in [6.07, 6.45) is 1.03. The molecule has 0 aromatic heterocycles. The molecule has 0 bridgehead atoms. The van der Waals surface area contributed by atoms with E-state index in [2.05, 4.69) is 40.0 Å². The van der Waals surface area contributed by atoms with Gasteiger partial charge in [-0.1, -0.05) is 13.8 Å². The number of hydrogen-bond acceptors (Lipinski definition) is 2. The molecule has 1 aliphatic heterocycles. The van der Waals surface area contributed by atoms with Gasteiger partial charge < -0.3 is 5.32 Å². The Balaban J connectivity index is 2.16. The van der Waals surface area contributed by atoms with E-state index in [-0.39, 0.29) is 5.56 Å². The predicted molar refractivity (Wildman–Crippen MR) is 80.6 cm³/mol. The van der Waals surface area contributed by atoms with E-state index in [1.807, 2.05) is 0 Å². The van der Waals surface area contributed by atoms with Crippen LogP contribution >= 0.6 is 15.9 Å². The lowest BCUT2D eigenvalue weighted by atomic mass is 10.00. The van der Waals surface area contributed by atoms with Gasteiger partial charge >= 0.3 is 0 Å². The standard InChI is InChI=1S/C15H21BrF2N2/c1-10(2)7-11-8-19-5-6-20(11)9-12-14(17)4-3-13(16)15(12)18/h3-4,10-11,19H,5-9H2,1-2H3. The topological polar surface area (TPSA) is 15.3 Å². The summed E-state index contributed by atoms with van der Waals surface area (Å²) in [7, 11) is 0. The fourth-order valence-corrected chi connectivity index (χ4v) is 3.08. The lowest BCUT2D eigenvalue weighted by Gasteiger charge is -2.37. The lowest BCUT2D eigenvalue weighted by Crippen LogP contribution is -2.51. The van der Waals surface area contributed by atoms with Gasteiger partial charge in [0.05, 0.1) is 4.47 Å². The monoisotopic (exact) mass is 346 g/mol.